The largest absolute Gasteiger partial charge is 0.342 e. The summed E-state index contributed by atoms with van der Waals surface area (Å²) in [7, 11) is 0. The van der Waals surface area contributed by atoms with Crippen molar-refractivity contribution in [1.82, 2.24) is 4.90 Å². The fourth-order valence-corrected chi connectivity index (χ4v) is 4.57. The molecular weight excluding hydrogens is 260 g/mol. The molecule has 1 amide bonds. The first-order valence-corrected chi connectivity index (χ1v) is 8.36. The molecule has 1 aromatic rings. The van der Waals surface area contributed by atoms with Crippen LogP contribution in [-0.2, 0) is 11.2 Å². The molecule has 1 saturated heterocycles. The number of hydrogen-bond donors (Lipinski definition) is 1. The molecule has 112 valence electrons. The van der Waals surface area contributed by atoms with Crippen LogP contribution in [0.2, 0.25) is 0 Å². The van der Waals surface area contributed by atoms with Gasteiger partial charge >= 0.3 is 0 Å². The Labute approximate surface area is 126 Å². The van der Waals surface area contributed by atoms with E-state index in [0.717, 1.165) is 25.9 Å². The van der Waals surface area contributed by atoms with Gasteiger partial charge in [-0.2, -0.15) is 0 Å². The summed E-state index contributed by atoms with van der Waals surface area (Å²) in [5.41, 5.74) is 8.71. The maximum atomic E-state index is 12.9. The van der Waals surface area contributed by atoms with Gasteiger partial charge in [0.25, 0.3) is 0 Å². The van der Waals surface area contributed by atoms with Gasteiger partial charge in [0, 0.05) is 19.0 Å². The van der Waals surface area contributed by atoms with E-state index in [1.165, 1.54) is 24.0 Å². The molecule has 2 aliphatic carbocycles. The summed E-state index contributed by atoms with van der Waals surface area (Å²) in [6.45, 7) is 2.53. The lowest BCUT2D eigenvalue weighted by molar-refractivity contribution is -0.134. The maximum absolute atomic E-state index is 12.9. The van der Waals surface area contributed by atoms with Crippen LogP contribution >= 0.6 is 0 Å². The van der Waals surface area contributed by atoms with E-state index >= 15 is 0 Å². The number of aryl methyl sites for hydroxylation is 1. The molecule has 21 heavy (non-hydrogen) atoms. The first-order valence-electron chi connectivity index (χ1n) is 8.36. The van der Waals surface area contributed by atoms with E-state index in [2.05, 4.69) is 29.2 Å². The predicted octanol–water partition coefficient (Wildman–Crippen LogP) is 2.16. The van der Waals surface area contributed by atoms with Crippen LogP contribution in [0.5, 0.6) is 0 Å². The highest BCUT2D eigenvalue weighted by molar-refractivity contribution is 5.84. The number of benzene rings is 1. The van der Waals surface area contributed by atoms with E-state index in [-0.39, 0.29) is 5.92 Å². The number of rotatable bonds is 2. The molecule has 1 aromatic carbocycles. The van der Waals surface area contributed by atoms with E-state index in [1.54, 1.807) is 0 Å². The topological polar surface area (TPSA) is 46.3 Å². The van der Waals surface area contributed by atoms with Gasteiger partial charge in [-0.1, -0.05) is 24.3 Å². The smallest absolute Gasteiger partial charge is 0.226 e. The van der Waals surface area contributed by atoms with Crippen molar-refractivity contribution in [2.45, 2.75) is 31.6 Å². The molecule has 3 nitrogen and oxygen atoms in total. The first kappa shape index (κ1) is 13.3. The number of hydrogen-bond acceptors (Lipinski definition) is 2. The molecule has 0 aromatic heterocycles. The number of carbonyl (C=O) groups is 1. The molecule has 0 bridgehead atoms. The van der Waals surface area contributed by atoms with Gasteiger partial charge in [-0.15, -0.1) is 0 Å². The molecule has 2 N–H and O–H groups in total. The van der Waals surface area contributed by atoms with Crippen molar-refractivity contribution >= 4 is 5.91 Å². The zero-order chi connectivity index (χ0) is 14.4. The number of fused-ring (bicyclic) bond motifs is 3. The Morgan fingerprint density at radius 2 is 2.14 bits per heavy atom. The third-order valence-corrected chi connectivity index (χ3v) is 5.78. The van der Waals surface area contributed by atoms with Crippen molar-refractivity contribution in [3.05, 3.63) is 35.4 Å². The molecule has 1 aliphatic heterocycles. The Morgan fingerprint density at radius 1 is 1.29 bits per heavy atom. The molecule has 1 saturated carbocycles. The molecular formula is C18H24N2O. The van der Waals surface area contributed by atoms with Crippen molar-refractivity contribution in [1.29, 1.82) is 0 Å². The normalized spacial score (nSPS) is 34.0. The van der Waals surface area contributed by atoms with Crippen LogP contribution in [0.25, 0.3) is 0 Å². The summed E-state index contributed by atoms with van der Waals surface area (Å²) in [4.78, 5) is 15.0. The molecule has 4 atom stereocenters. The highest BCUT2D eigenvalue weighted by atomic mass is 16.2. The molecule has 3 aliphatic rings. The second kappa shape index (κ2) is 5.13. The zero-order valence-electron chi connectivity index (χ0n) is 12.5. The summed E-state index contributed by atoms with van der Waals surface area (Å²) in [6, 6.07) is 8.70. The lowest BCUT2D eigenvalue weighted by Gasteiger charge is -2.32. The Kier molecular flexibility index (Phi) is 3.26. The van der Waals surface area contributed by atoms with E-state index in [4.69, 9.17) is 5.73 Å². The van der Waals surface area contributed by atoms with Crippen molar-refractivity contribution in [3.8, 4) is 0 Å². The summed E-state index contributed by atoms with van der Waals surface area (Å²) >= 11 is 0. The molecule has 2 fully saturated rings. The Balaban J connectivity index is 1.50. The van der Waals surface area contributed by atoms with Gasteiger partial charge in [-0.25, -0.2) is 0 Å². The standard InChI is InChI=1S/C18H24N2O/c19-10-12-4-3-9-20(11-12)18(21)17-15-8-7-13-5-1-2-6-14(13)16(15)17/h1-2,5-6,12,15-17H,3-4,7-11,19H2. The average Bonchev–Trinajstić information content (AvgIpc) is 3.29. The second-order valence-corrected chi connectivity index (χ2v) is 6.98. The van der Waals surface area contributed by atoms with Crippen LogP contribution in [0.15, 0.2) is 24.3 Å². The lowest BCUT2D eigenvalue weighted by atomic mass is 9.92. The number of amides is 1. The van der Waals surface area contributed by atoms with Crippen LogP contribution in [0.3, 0.4) is 0 Å². The monoisotopic (exact) mass is 284 g/mol. The van der Waals surface area contributed by atoms with E-state index < -0.39 is 0 Å². The van der Waals surface area contributed by atoms with Gasteiger partial charge in [0.05, 0.1) is 0 Å². The van der Waals surface area contributed by atoms with Crippen molar-refractivity contribution in [2.24, 2.45) is 23.5 Å². The van der Waals surface area contributed by atoms with E-state index in [0.29, 0.717) is 30.2 Å². The van der Waals surface area contributed by atoms with Crippen molar-refractivity contribution < 1.29 is 4.79 Å². The van der Waals surface area contributed by atoms with Crippen LogP contribution < -0.4 is 5.73 Å². The third kappa shape index (κ3) is 2.18. The fourth-order valence-electron chi connectivity index (χ4n) is 4.57. The number of likely N-dealkylation sites (tertiary alicyclic amines) is 1. The molecule has 4 rings (SSSR count). The molecule has 1 heterocycles. The van der Waals surface area contributed by atoms with Gasteiger partial charge in [0.1, 0.15) is 0 Å². The minimum atomic E-state index is 0.255. The molecule has 0 radical (unpaired) electrons. The third-order valence-electron chi connectivity index (χ3n) is 5.78. The zero-order valence-corrected chi connectivity index (χ0v) is 12.5. The summed E-state index contributed by atoms with van der Waals surface area (Å²) in [5, 5.41) is 0. The average molecular weight is 284 g/mol. The van der Waals surface area contributed by atoms with Gasteiger partial charge in [0.15, 0.2) is 0 Å². The van der Waals surface area contributed by atoms with Gasteiger partial charge < -0.3 is 10.6 Å². The molecule has 4 unspecified atom stereocenters. The summed E-state index contributed by atoms with van der Waals surface area (Å²) in [6.07, 6.45) is 4.63. The second-order valence-electron chi connectivity index (χ2n) is 6.98. The predicted molar refractivity (Wildman–Crippen MR) is 82.8 cm³/mol. The SMILES string of the molecule is NCC1CCCN(C(=O)C2C3CCc4ccccc4C32)C1. The van der Waals surface area contributed by atoms with Gasteiger partial charge in [-0.05, 0) is 61.1 Å². The van der Waals surface area contributed by atoms with Gasteiger partial charge in [-0.3, -0.25) is 4.79 Å². The van der Waals surface area contributed by atoms with Crippen molar-refractivity contribution in [3.63, 3.8) is 0 Å². The highest BCUT2D eigenvalue weighted by Crippen LogP contribution is 2.60. The van der Waals surface area contributed by atoms with Crippen LogP contribution in [0.4, 0.5) is 0 Å². The Hall–Kier alpha value is -1.35. The minimum Gasteiger partial charge on any atom is -0.342 e. The van der Waals surface area contributed by atoms with Crippen LogP contribution in [0, 0.1) is 17.8 Å². The van der Waals surface area contributed by atoms with E-state index in [1.807, 2.05) is 0 Å². The number of carbonyl (C=O) groups excluding carboxylic acids is 1. The Bertz CT molecular complexity index is 556. The van der Waals surface area contributed by atoms with Gasteiger partial charge in [0.2, 0.25) is 5.91 Å². The number of nitrogens with zero attached hydrogens (tertiary/aromatic N) is 1. The minimum absolute atomic E-state index is 0.255. The highest BCUT2D eigenvalue weighted by Gasteiger charge is 2.58. The Morgan fingerprint density at radius 3 is 3.00 bits per heavy atom. The van der Waals surface area contributed by atoms with E-state index in [9.17, 15) is 4.79 Å². The van der Waals surface area contributed by atoms with Crippen LogP contribution in [0.1, 0.15) is 36.3 Å². The lowest BCUT2D eigenvalue weighted by Crippen LogP contribution is -2.43. The quantitative estimate of drug-likeness (QED) is 0.904. The maximum Gasteiger partial charge on any atom is 0.226 e. The summed E-state index contributed by atoms with van der Waals surface area (Å²) < 4.78 is 0. The number of nitrogens with two attached hydrogens (primary N) is 1. The van der Waals surface area contributed by atoms with Crippen molar-refractivity contribution in [2.75, 3.05) is 19.6 Å². The first-order chi connectivity index (χ1) is 10.3. The fraction of sp³-hybridized carbons (Fsp3) is 0.611. The summed E-state index contributed by atoms with van der Waals surface area (Å²) in [5.74, 6) is 2.27. The number of piperidine rings is 1. The molecule has 0 spiro atoms. The van der Waals surface area contributed by atoms with Crippen LogP contribution in [-0.4, -0.2) is 30.4 Å². The molecule has 3 heteroatoms.